The zero-order valence-corrected chi connectivity index (χ0v) is 19.8. The Morgan fingerprint density at radius 1 is 0.788 bits per heavy atom. The number of rotatable bonds is 14. The van der Waals surface area contributed by atoms with Crippen LogP contribution in [-0.2, 0) is 17.6 Å². The molecule has 0 spiro atoms. The molecule has 3 nitrogen and oxygen atoms in total. The number of benzene rings is 3. The highest BCUT2D eigenvalue weighted by molar-refractivity contribution is 5.79. The maximum absolute atomic E-state index is 12.9. The van der Waals surface area contributed by atoms with Crippen LogP contribution in [0.4, 0.5) is 0 Å². The number of hydrogen-bond donors (Lipinski definition) is 1. The summed E-state index contributed by atoms with van der Waals surface area (Å²) in [4.78, 5) is 12.9. The SMILES string of the molecule is CCCCCCCCOc1cccc(CC(=O)NC(Cc2ccccc2)c2ccccc2)c1. The first-order valence-electron chi connectivity index (χ1n) is 12.3. The number of nitrogens with one attached hydrogen (secondary N) is 1. The Labute approximate surface area is 199 Å². The Hall–Kier alpha value is -3.07. The molecule has 0 aliphatic rings. The van der Waals surface area contributed by atoms with Gasteiger partial charge >= 0.3 is 0 Å². The van der Waals surface area contributed by atoms with Crippen LogP contribution in [0, 0.1) is 0 Å². The first-order chi connectivity index (χ1) is 16.2. The topological polar surface area (TPSA) is 38.3 Å². The van der Waals surface area contributed by atoms with Crippen LogP contribution >= 0.6 is 0 Å². The summed E-state index contributed by atoms with van der Waals surface area (Å²) in [5.74, 6) is 0.866. The minimum absolute atomic E-state index is 0.0212. The standard InChI is InChI=1S/C30H37NO2/c1-2-3-4-5-6-13-21-33-28-20-14-17-26(22-28)24-30(32)31-29(27-18-11-8-12-19-27)23-25-15-9-7-10-16-25/h7-12,14-20,22,29H,2-6,13,21,23-24H2,1H3,(H,31,32). The summed E-state index contributed by atoms with van der Waals surface area (Å²) in [5.41, 5.74) is 3.29. The van der Waals surface area contributed by atoms with Crippen LogP contribution in [0.1, 0.15) is 68.2 Å². The number of unbranched alkanes of at least 4 members (excludes halogenated alkanes) is 5. The molecule has 0 aliphatic carbocycles. The normalized spacial score (nSPS) is 11.7. The van der Waals surface area contributed by atoms with Gasteiger partial charge in [-0.1, -0.05) is 112 Å². The largest absolute Gasteiger partial charge is 0.494 e. The molecule has 1 atom stereocenters. The molecule has 33 heavy (non-hydrogen) atoms. The van der Waals surface area contributed by atoms with E-state index in [-0.39, 0.29) is 11.9 Å². The van der Waals surface area contributed by atoms with Crippen molar-refractivity contribution in [1.82, 2.24) is 5.32 Å². The second-order valence-electron chi connectivity index (χ2n) is 8.66. The monoisotopic (exact) mass is 443 g/mol. The highest BCUT2D eigenvalue weighted by Crippen LogP contribution is 2.20. The molecule has 1 unspecified atom stereocenters. The van der Waals surface area contributed by atoms with Crippen LogP contribution in [0.5, 0.6) is 5.75 Å². The van der Waals surface area contributed by atoms with Gasteiger partial charge in [0, 0.05) is 0 Å². The van der Waals surface area contributed by atoms with Crippen LogP contribution < -0.4 is 10.1 Å². The maximum Gasteiger partial charge on any atom is 0.224 e. The van der Waals surface area contributed by atoms with Gasteiger partial charge in [0.05, 0.1) is 19.1 Å². The van der Waals surface area contributed by atoms with Crippen LogP contribution in [0.25, 0.3) is 0 Å². The first kappa shape index (κ1) is 24.6. The van der Waals surface area contributed by atoms with Crippen molar-refractivity contribution in [3.63, 3.8) is 0 Å². The fraction of sp³-hybridized carbons (Fsp3) is 0.367. The average Bonchev–Trinajstić information content (AvgIpc) is 2.84. The van der Waals surface area contributed by atoms with Crippen molar-refractivity contribution in [3.05, 3.63) is 102 Å². The fourth-order valence-corrected chi connectivity index (χ4v) is 4.04. The van der Waals surface area contributed by atoms with Gasteiger partial charge in [0.2, 0.25) is 5.91 Å². The number of hydrogen-bond acceptors (Lipinski definition) is 2. The Balaban J connectivity index is 1.53. The van der Waals surface area contributed by atoms with E-state index in [4.69, 9.17) is 4.74 Å². The molecule has 1 amide bonds. The fourth-order valence-electron chi connectivity index (χ4n) is 4.04. The predicted molar refractivity (Wildman–Crippen MR) is 136 cm³/mol. The average molecular weight is 444 g/mol. The number of carbonyl (C=O) groups excluding carboxylic acids is 1. The minimum atomic E-state index is -0.0618. The van der Waals surface area contributed by atoms with Gasteiger partial charge in [-0.3, -0.25) is 4.79 Å². The van der Waals surface area contributed by atoms with Crippen molar-refractivity contribution in [3.8, 4) is 5.75 Å². The quantitative estimate of drug-likeness (QED) is 0.271. The Morgan fingerprint density at radius 2 is 1.45 bits per heavy atom. The van der Waals surface area contributed by atoms with E-state index >= 15 is 0 Å². The third kappa shape index (κ3) is 9.13. The summed E-state index contributed by atoms with van der Waals surface area (Å²) < 4.78 is 5.93. The second kappa shape index (κ2) is 14.2. The molecule has 3 aromatic rings. The molecule has 0 aliphatic heterocycles. The number of ether oxygens (including phenoxy) is 1. The summed E-state index contributed by atoms with van der Waals surface area (Å²) in [6.45, 7) is 2.97. The third-order valence-electron chi connectivity index (χ3n) is 5.85. The van der Waals surface area contributed by atoms with Crippen LogP contribution in [0.3, 0.4) is 0 Å². The van der Waals surface area contributed by atoms with Gasteiger partial charge in [-0.2, -0.15) is 0 Å². The minimum Gasteiger partial charge on any atom is -0.494 e. The molecule has 0 aromatic heterocycles. The summed E-state index contributed by atoms with van der Waals surface area (Å²) >= 11 is 0. The van der Waals surface area contributed by atoms with Gasteiger partial charge in [-0.15, -0.1) is 0 Å². The van der Waals surface area contributed by atoms with Crippen molar-refractivity contribution in [2.45, 2.75) is 64.3 Å². The smallest absolute Gasteiger partial charge is 0.224 e. The lowest BCUT2D eigenvalue weighted by molar-refractivity contribution is -0.121. The van der Waals surface area contributed by atoms with Gasteiger partial charge in [-0.25, -0.2) is 0 Å². The van der Waals surface area contributed by atoms with Crippen LogP contribution in [0.2, 0.25) is 0 Å². The summed E-state index contributed by atoms with van der Waals surface area (Å²) in [6, 6.07) is 28.3. The molecule has 174 valence electrons. The van der Waals surface area contributed by atoms with Crippen molar-refractivity contribution >= 4 is 5.91 Å². The molecule has 0 saturated carbocycles. The Morgan fingerprint density at radius 3 is 2.21 bits per heavy atom. The summed E-state index contributed by atoms with van der Waals surface area (Å²) in [5, 5.41) is 3.25. The van der Waals surface area contributed by atoms with Crippen molar-refractivity contribution < 1.29 is 9.53 Å². The van der Waals surface area contributed by atoms with E-state index in [1.54, 1.807) is 0 Å². The third-order valence-corrected chi connectivity index (χ3v) is 5.85. The zero-order chi connectivity index (χ0) is 23.1. The van der Waals surface area contributed by atoms with E-state index in [1.165, 1.54) is 37.7 Å². The molecule has 1 N–H and O–H groups in total. The van der Waals surface area contributed by atoms with Crippen LogP contribution in [-0.4, -0.2) is 12.5 Å². The van der Waals surface area contributed by atoms with Gasteiger partial charge < -0.3 is 10.1 Å². The summed E-state index contributed by atoms with van der Waals surface area (Å²) in [7, 11) is 0. The molecule has 3 heteroatoms. The van der Waals surface area contributed by atoms with Crippen LogP contribution in [0.15, 0.2) is 84.9 Å². The van der Waals surface area contributed by atoms with Crippen molar-refractivity contribution in [2.24, 2.45) is 0 Å². The van der Waals surface area contributed by atoms with Crippen molar-refractivity contribution in [1.29, 1.82) is 0 Å². The van der Waals surface area contributed by atoms with Gasteiger partial charge in [-0.05, 0) is 41.7 Å². The Bertz CT molecular complexity index is 940. The van der Waals surface area contributed by atoms with Crippen molar-refractivity contribution in [2.75, 3.05) is 6.61 Å². The predicted octanol–water partition coefficient (Wildman–Crippen LogP) is 7.07. The highest BCUT2D eigenvalue weighted by atomic mass is 16.5. The van der Waals surface area contributed by atoms with E-state index < -0.39 is 0 Å². The van der Waals surface area contributed by atoms with Gasteiger partial charge in [0.1, 0.15) is 5.75 Å². The van der Waals surface area contributed by atoms with E-state index in [9.17, 15) is 4.79 Å². The van der Waals surface area contributed by atoms with E-state index in [2.05, 4.69) is 36.5 Å². The molecule has 0 fully saturated rings. The molecular weight excluding hydrogens is 406 g/mol. The second-order valence-corrected chi connectivity index (χ2v) is 8.66. The Kier molecular flexibility index (Phi) is 10.5. The molecule has 0 heterocycles. The maximum atomic E-state index is 12.9. The molecule has 0 bridgehead atoms. The molecular formula is C30H37NO2. The van der Waals surface area contributed by atoms with Gasteiger partial charge in [0.25, 0.3) is 0 Å². The molecule has 0 saturated heterocycles. The first-order valence-corrected chi connectivity index (χ1v) is 12.3. The van der Waals surface area contributed by atoms with Gasteiger partial charge in [0.15, 0.2) is 0 Å². The summed E-state index contributed by atoms with van der Waals surface area (Å²) in [6.07, 6.45) is 8.58. The van der Waals surface area contributed by atoms with E-state index in [0.29, 0.717) is 6.42 Å². The molecule has 3 aromatic carbocycles. The number of amides is 1. The molecule has 0 radical (unpaired) electrons. The lowest BCUT2D eigenvalue weighted by Crippen LogP contribution is -2.31. The van der Waals surface area contributed by atoms with E-state index in [1.807, 2.05) is 60.7 Å². The lowest BCUT2D eigenvalue weighted by atomic mass is 9.98. The highest BCUT2D eigenvalue weighted by Gasteiger charge is 2.16. The zero-order valence-electron chi connectivity index (χ0n) is 19.8. The molecule has 3 rings (SSSR count). The lowest BCUT2D eigenvalue weighted by Gasteiger charge is -2.20. The number of carbonyl (C=O) groups is 1. The van der Waals surface area contributed by atoms with E-state index in [0.717, 1.165) is 36.3 Å².